The van der Waals surface area contributed by atoms with E-state index < -0.39 is 10.2 Å². The zero-order valence-corrected chi connectivity index (χ0v) is 15.8. The second-order valence-electron chi connectivity index (χ2n) is 5.47. The third kappa shape index (κ3) is 8.75. The van der Waals surface area contributed by atoms with Gasteiger partial charge in [-0.1, -0.05) is 48.6 Å². The molecule has 6 nitrogen and oxygen atoms in total. The van der Waals surface area contributed by atoms with E-state index in [0.717, 1.165) is 6.54 Å². The Morgan fingerprint density at radius 3 is 2.04 bits per heavy atom. The lowest BCUT2D eigenvalue weighted by atomic mass is 10.2. The number of hydrogen-bond donors (Lipinski definition) is 0. The Bertz CT molecular complexity index is 720. The molecule has 0 saturated heterocycles. The molecule has 1 heterocycles. The Morgan fingerprint density at radius 1 is 0.923 bits per heavy atom. The minimum Gasteiger partial charge on any atom is -0.372 e. The predicted octanol–water partition coefficient (Wildman–Crippen LogP) is -0.969. The van der Waals surface area contributed by atoms with Crippen molar-refractivity contribution in [3.8, 4) is 0 Å². The van der Waals surface area contributed by atoms with Gasteiger partial charge in [-0.05, 0) is 18.6 Å². The molecule has 0 saturated carbocycles. The molecule has 0 radical (unpaired) electrons. The van der Waals surface area contributed by atoms with Crippen LogP contribution in [-0.4, -0.2) is 14.1 Å². The summed E-state index contributed by atoms with van der Waals surface area (Å²) in [5.41, 5.74) is 3.66. The number of anilines is 1. The van der Waals surface area contributed by atoms with Crippen LogP contribution in [-0.2, 0) is 6.54 Å². The van der Waals surface area contributed by atoms with Crippen molar-refractivity contribution in [3.05, 3.63) is 72.1 Å². The molecule has 0 aliphatic heterocycles. The van der Waals surface area contributed by atoms with Crippen molar-refractivity contribution in [1.82, 2.24) is 0 Å². The first kappa shape index (κ1) is 21.8. The average Bonchev–Trinajstić information content (AvgIpc) is 2.58. The first-order chi connectivity index (χ1) is 12.2. The van der Waals surface area contributed by atoms with Crippen LogP contribution < -0.4 is 28.1 Å². The van der Waals surface area contributed by atoms with Gasteiger partial charge in [-0.15, -0.1) is 10.2 Å². The largest absolute Gasteiger partial charge is 0.372 e. The van der Waals surface area contributed by atoms with Gasteiger partial charge in [0.25, 0.3) is 0 Å². The van der Waals surface area contributed by atoms with Crippen molar-refractivity contribution < 1.29 is 33.4 Å². The molecular formula is C19H23ClN2O4. The number of allylic oxidation sites excluding steroid dienone is 2. The number of aryl methyl sites for hydroxylation is 1. The van der Waals surface area contributed by atoms with Gasteiger partial charge < -0.3 is 4.90 Å². The second-order valence-corrected chi connectivity index (χ2v) is 6.22. The summed E-state index contributed by atoms with van der Waals surface area (Å²) < 4.78 is 36.2. The van der Waals surface area contributed by atoms with Crippen molar-refractivity contribution in [1.29, 1.82) is 0 Å². The van der Waals surface area contributed by atoms with Crippen LogP contribution in [0.1, 0.15) is 18.2 Å². The van der Waals surface area contributed by atoms with Crippen molar-refractivity contribution in [2.75, 3.05) is 19.0 Å². The topological polar surface area (TPSA) is 99.4 Å². The van der Waals surface area contributed by atoms with Crippen molar-refractivity contribution >= 4 is 17.8 Å². The van der Waals surface area contributed by atoms with Crippen LogP contribution in [0.3, 0.4) is 0 Å². The summed E-state index contributed by atoms with van der Waals surface area (Å²) >= 11 is 0. The van der Waals surface area contributed by atoms with Crippen LogP contribution >= 0.6 is 0 Å². The minimum atomic E-state index is -4.94. The third-order valence-electron chi connectivity index (χ3n) is 3.37. The Kier molecular flexibility index (Phi) is 8.98. The highest BCUT2D eigenvalue weighted by molar-refractivity contribution is 5.63. The molecule has 140 valence electrons. The SMILES string of the molecule is CC[n+]1cccc(N(C)C)c1/C=C/C=C/c1ccccc1.[O-][Cl+3]([O-])([O-])[O-]. The molecule has 0 amide bonds. The molecule has 0 bridgehead atoms. The number of hydrogen-bond acceptors (Lipinski definition) is 5. The summed E-state index contributed by atoms with van der Waals surface area (Å²) in [4.78, 5) is 2.15. The van der Waals surface area contributed by atoms with Crippen LogP contribution in [0.5, 0.6) is 0 Å². The monoisotopic (exact) mass is 378 g/mol. The van der Waals surface area contributed by atoms with E-state index in [1.165, 1.54) is 16.9 Å². The van der Waals surface area contributed by atoms with Gasteiger partial charge in [0.1, 0.15) is 12.2 Å². The molecule has 0 N–H and O–H groups in total. The fourth-order valence-electron chi connectivity index (χ4n) is 2.26. The predicted molar refractivity (Wildman–Crippen MR) is 91.1 cm³/mol. The number of pyridine rings is 1. The van der Waals surface area contributed by atoms with E-state index in [1.807, 2.05) is 6.07 Å². The van der Waals surface area contributed by atoms with Crippen LogP contribution in [0, 0.1) is 10.2 Å². The summed E-state index contributed by atoms with van der Waals surface area (Å²) in [5.74, 6) is 0. The van der Waals surface area contributed by atoms with Gasteiger partial charge in [-0.3, -0.25) is 0 Å². The van der Waals surface area contributed by atoms with E-state index in [0.29, 0.717) is 0 Å². The van der Waals surface area contributed by atoms with Crippen molar-refractivity contribution in [3.63, 3.8) is 0 Å². The Hall–Kier alpha value is -2.22. The highest BCUT2D eigenvalue weighted by Gasteiger charge is 2.12. The lowest BCUT2D eigenvalue weighted by Gasteiger charge is -2.17. The van der Waals surface area contributed by atoms with E-state index in [-0.39, 0.29) is 0 Å². The third-order valence-corrected chi connectivity index (χ3v) is 3.37. The summed E-state index contributed by atoms with van der Waals surface area (Å²) in [6, 6.07) is 14.6. The highest BCUT2D eigenvalue weighted by Crippen LogP contribution is 2.15. The van der Waals surface area contributed by atoms with Gasteiger partial charge in [0.05, 0.1) is 0 Å². The molecule has 0 aliphatic carbocycles. The maximum Gasteiger partial charge on any atom is 0.228 e. The molecule has 0 atom stereocenters. The average molecular weight is 379 g/mol. The van der Waals surface area contributed by atoms with Crippen LogP contribution in [0.2, 0.25) is 0 Å². The Morgan fingerprint density at radius 2 is 1.50 bits per heavy atom. The maximum atomic E-state index is 8.49. The smallest absolute Gasteiger partial charge is 0.228 e. The lowest BCUT2D eigenvalue weighted by molar-refractivity contribution is -2.00. The van der Waals surface area contributed by atoms with E-state index >= 15 is 0 Å². The maximum absolute atomic E-state index is 8.49. The summed E-state index contributed by atoms with van der Waals surface area (Å²) in [5, 5.41) is 0. The Balaban J connectivity index is 0.000000597. The highest BCUT2D eigenvalue weighted by atomic mass is 35.7. The van der Waals surface area contributed by atoms with Gasteiger partial charge >= 0.3 is 0 Å². The summed E-state index contributed by atoms with van der Waals surface area (Å²) in [6.45, 7) is 3.13. The molecular weight excluding hydrogens is 356 g/mol. The standard InChI is InChI=1S/C19H23N2.ClHO4/c1-4-21-16-10-15-18(20(2)3)19(21)14-9-8-13-17-11-6-5-7-12-17;2-1(3,4)5/h5-16H,4H2,1-3H3;(H,2,3,4,5)/q+1;/p-1/b13-8+,14-9+;. The van der Waals surface area contributed by atoms with Crippen LogP contribution in [0.15, 0.2) is 60.8 Å². The van der Waals surface area contributed by atoms with Gasteiger partial charge in [0, 0.05) is 26.2 Å². The van der Waals surface area contributed by atoms with Gasteiger partial charge in [-0.25, -0.2) is 18.6 Å². The molecule has 1 aromatic carbocycles. The summed E-state index contributed by atoms with van der Waals surface area (Å²) in [6.07, 6.45) is 10.6. The first-order valence-corrected chi connectivity index (χ1v) is 9.17. The fourth-order valence-corrected chi connectivity index (χ4v) is 2.26. The number of benzene rings is 1. The zero-order valence-electron chi connectivity index (χ0n) is 15.0. The minimum absolute atomic E-state index is 0.962. The molecule has 0 spiro atoms. The summed E-state index contributed by atoms with van der Waals surface area (Å²) in [7, 11) is -0.793. The van der Waals surface area contributed by atoms with Crippen LogP contribution in [0.25, 0.3) is 12.2 Å². The molecule has 0 aliphatic rings. The van der Waals surface area contributed by atoms with Crippen molar-refractivity contribution in [2.24, 2.45) is 0 Å². The molecule has 0 fully saturated rings. The zero-order chi connectivity index (χ0) is 19.6. The number of rotatable bonds is 5. The van der Waals surface area contributed by atoms with E-state index in [2.05, 4.69) is 97.4 Å². The number of aromatic nitrogens is 1. The number of halogens is 1. The lowest BCUT2D eigenvalue weighted by Crippen LogP contribution is -2.68. The van der Waals surface area contributed by atoms with E-state index in [9.17, 15) is 0 Å². The van der Waals surface area contributed by atoms with Gasteiger partial charge in [0.2, 0.25) is 5.69 Å². The second kappa shape index (κ2) is 10.7. The van der Waals surface area contributed by atoms with E-state index in [1.54, 1.807) is 0 Å². The normalized spacial score (nSPS) is 11.5. The van der Waals surface area contributed by atoms with Crippen molar-refractivity contribution in [2.45, 2.75) is 13.5 Å². The molecule has 7 heteroatoms. The molecule has 0 unspecified atom stereocenters. The molecule has 2 rings (SSSR count). The first-order valence-electron chi connectivity index (χ1n) is 7.93. The van der Waals surface area contributed by atoms with E-state index in [4.69, 9.17) is 18.6 Å². The van der Waals surface area contributed by atoms with Gasteiger partial charge in [-0.2, -0.15) is 4.57 Å². The quantitative estimate of drug-likeness (QED) is 0.492. The molecule has 26 heavy (non-hydrogen) atoms. The van der Waals surface area contributed by atoms with Crippen LogP contribution in [0.4, 0.5) is 5.69 Å². The molecule has 2 aromatic rings. The Labute approximate surface area is 156 Å². The van der Waals surface area contributed by atoms with Gasteiger partial charge in [0.15, 0.2) is 6.20 Å². The fraction of sp³-hybridized carbons (Fsp3) is 0.211. The number of nitrogens with zero attached hydrogens (tertiary/aromatic N) is 2. The molecule has 1 aromatic heterocycles.